The predicted octanol–water partition coefficient (Wildman–Crippen LogP) is 3.89. The Bertz CT molecular complexity index is 473. The van der Waals surface area contributed by atoms with Gasteiger partial charge in [-0.05, 0) is 25.0 Å². The molecule has 2 aromatic rings. The monoisotopic (exact) mass is 315 g/mol. The molecule has 0 atom stereocenters. The molecule has 0 heterocycles. The van der Waals surface area contributed by atoms with E-state index < -0.39 is 9.53 Å². The minimum Gasteiger partial charge on any atom is -0.371 e. The summed E-state index contributed by atoms with van der Waals surface area (Å²) in [5.74, 6) is 0.184. The summed E-state index contributed by atoms with van der Waals surface area (Å²) in [6, 6.07) is 20.8. The summed E-state index contributed by atoms with van der Waals surface area (Å²) in [4.78, 5) is 0. The zero-order chi connectivity index (χ0) is 15.6. The number of benzene rings is 2. The molecule has 1 radical (unpaired) electrons. The van der Waals surface area contributed by atoms with Gasteiger partial charge in [-0.2, -0.15) is 0 Å². The second-order valence-electron chi connectivity index (χ2n) is 4.80. The van der Waals surface area contributed by atoms with Crippen LogP contribution in [0.25, 0.3) is 0 Å². The third-order valence-electron chi connectivity index (χ3n) is 3.30. The maximum Gasteiger partial charge on any atom is 0.577 e. The normalized spacial score (nSPS) is 11.3. The zero-order valence-electron chi connectivity index (χ0n) is 13.2. The highest BCUT2D eigenvalue weighted by atomic mass is 28.3. The van der Waals surface area contributed by atoms with Gasteiger partial charge in [-0.3, -0.25) is 0 Å². The predicted molar refractivity (Wildman–Crippen MR) is 89.7 cm³/mol. The van der Waals surface area contributed by atoms with E-state index >= 15 is 0 Å². The van der Waals surface area contributed by atoms with Crippen molar-refractivity contribution in [3.05, 3.63) is 71.8 Å². The van der Waals surface area contributed by atoms with Crippen LogP contribution < -0.4 is 0 Å². The van der Waals surface area contributed by atoms with E-state index in [9.17, 15) is 0 Å². The average molecular weight is 315 g/mol. The minimum absolute atomic E-state index is 0.184. The fourth-order valence-corrected chi connectivity index (χ4v) is 3.29. The molecule has 0 N–H and O–H groups in total. The molecule has 22 heavy (non-hydrogen) atoms. The number of hydrogen-bond donors (Lipinski definition) is 0. The standard InChI is InChI=1S/C18H23O3Si/c1-3-19-22(20-4-2)21-15-18(16-11-7-5-8-12-16)17-13-9-6-10-14-17/h5-14,18H,3-4,15H2,1-2H3. The van der Waals surface area contributed by atoms with Gasteiger partial charge in [0, 0.05) is 25.7 Å². The summed E-state index contributed by atoms with van der Waals surface area (Å²) in [5, 5.41) is 0. The summed E-state index contributed by atoms with van der Waals surface area (Å²) < 4.78 is 17.1. The van der Waals surface area contributed by atoms with Crippen LogP contribution in [0.2, 0.25) is 0 Å². The molecule has 3 nitrogen and oxygen atoms in total. The van der Waals surface area contributed by atoms with Crippen molar-refractivity contribution in [2.75, 3.05) is 19.8 Å². The minimum atomic E-state index is -1.66. The molecule has 2 rings (SSSR count). The van der Waals surface area contributed by atoms with Gasteiger partial charge in [0.1, 0.15) is 0 Å². The molecule has 0 aliphatic carbocycles. The Morgan fingerprint density at radius 1 is 0.727 bits per heavy atom. The molecule has 117 valence electrons. The lowest BCUT2D eigenvalue weighted by atomic mass is 9.92. The molecular weight excluding hydrogens is 292 g/mol. The van der Waals surface area contributed by atoms with Crippen LogP contribution in [0.5, 0.6) is 0 Å². The van der Waals surface area contributed by atoms with Crippen LogP contribution in [0.1, 0.15) is 30.9 Å². The fourth-order valence-electron chi connectivity index (χ4n) is 2.27. The molecule has 0 aromatic heterocycles. The van der Waals surface area contributed by atoms with Gasteiger partial charge < -0.3 is 13.3 Å². The van der Waals surface area contributed by atoms with Crippen molar-refractivity contribution in [1.29, 1.82) is 0 Å². The Hall–Kier alpha value is -1.46. The smallest absolute Gasteiger partial charge is 0.371 e. The summed E-state index contributed by atoms with van der Waals surface area (Å²) in [5.41, 5.74) is 2.48. The zero-order valence-corrected chi connectivity index (χ0v) is 14.2. The number of hydrogen-bond acceptors (Lipinski definition) is 3. The molecular formula is C18H23O3Si. The highest BCUT2D eigenvalue weighted by Gasteiger charge is 2.22. The van der Waals surface area contributed by atoms with Gasteiger partial charge in [0.15, 0.2) is 0 Å². The van der Waals surface area contributed by atoms with E-state index in [2.05, 4.69) is 48.5 Å². The van der Waals surface area contributed by atoms with Gasteiger partial charge in [0.2, 0.25) is 0 Å². The molecule has 0 spiro atoms. The fraction of sp³-hybridized carbons (Fsp3) is 0.333. The average Bonchev–Trinajstić information content (AvgIpc) is 2.57. The van der Waals surface area contributed by atoms with Crippen LogP contribution >= 0.6 is 0 Å². The Morgan fingerprint density at radius 3 is 1.59 bits per heavy atom. The van der Waals surface area contributed by atoms with Gasteiger partial charge in [-0.15, -0.1) is 0 Å². The highest BCUT2D eigenvalue weighted by molar-refractivity contribution is 6.36. The van der Waals surface area contributed by atoms with Crippen molar-refractivity contribution in [3.8, 4) is 0 Å². The third-order valence-corrected chi connectivity index (χ3v) is 4.75. The van der Waals surface area contributed by atoms with Crippen molar-refractivity contribution in [3.63, 3.8) is 0 Å². The van der Waals surface area contributed by atoms with Crippen LogP contribution in [0.4, 0.5) is 0 Å². The van der Waals surface area contributed by atoms with Gasteiger partial charge in [0.05, 0.1) is 0 Å². The maximum atomic E-state index is 5.95. The molecule has 0 bridgehead atoms. The van der Waals surface area contributed by atoms with Crippen LogP contribution in [-0.2, 0) is 13.3 Å². The molecule has 0 saturated heterocycles. The Morgan fingerprint density at radius 2 is 1.18 bits per heavy atom. The van der Waals surface area contributed by atoms with E-state index in [0.717, 1.165) is 0 Å². The lowest BCUT2D eigenvalue weighted by Gasteiger charge is -2.20. The van der Waals surface area contributed by atoms with Crippen molar-refractivity contribution in [2.45, 2.75) is 19.8 Å². The van der Waals surface area contributed by atoms with Gasteiger partial charge in [0.25, 0.3) is 0 Å². The Kier molecular flexibility index (Phi) is 7.32. The first-order valence-electron chi connectivity index (χ1n) is 7.70. The first-order chi connectivity index (χ1) is 10.8. The first-order valence-corrected chi connectivity index (χ1v) is 8.92. The van der Waals surface area contributed by atoms with E-state index in [1.54, 1.807) is 0 Å². The van der Waals surface area contributed by atoms with Crippen molar-refractivity contribution in [1.82, 2.24) is 0 Å². The Balaban J connectivity index is 2.12. The summed E-state index contributed by atoms with van der Waals surface area (Å²) in [7, 11) is -1.66. The van der Waals surface area contributed by atoms with Crippen LogP contribution in [0.3, 0.4) is 0 Å². The highest BCUT2D eigenvalue weighted by Crippen LogP contribution is 2.25. The molecule has 0 aliphatic rings. The summed E-state index contributed by atoms with van der Waals surface area (Å²) in [6.45, 7) is 5.69. The second-order valence-corrected chi connectivity index (χ2v) is 6.17. The van der Waals surface area contributed by atoms with Gasteiger partial charge >= 0.3 is 9.53 Å². The van der Waals surface area contributed by atoms with Crippen LogP contribution in [0.15, 0.2) is 60.7 Å². The molecule has 4 heteroatoms. The molecule has 0 unspecified atom stereocenters. The molecule has 0 amide bonds. The number of rotatable bonds is 9. The molecule has 0 saturated carbocycles. The first kappa shape index (κ1) is 16.9. The largest absolute Gasteiger partial charge is 0.577 e. The molecule has 0 fully saturated rings. The molecule has 2 aromatic carbocycles. The van der Waals surface area contributed by atoms with E-state index in [0.29, 0.717) is 19.8 Å². The SMILES string of the molecule is CCO[Si](OCC)OCC(c1ccccc1)c1ccccc1. The van der Waals surface area contributed by atoms with Crippen LogP contribution in [-0.4, -0.2) is 29.3 Å². The van der Waals surface area contributed by atoms with Crippen molar-refractivity contribution >= 4 is 9.53 Å². The van der Waals surface area contributed by atoms with Gasteiger partial charge in [-0.25, -0.2) is 0 Å². The second kappa shape index (κ2) is 9.53. The Labute approximate surface area is 134 Å². The van der Waals surface area contributed by atoms with Gasteiger partial charge in [-0.1, -0.05) is 60.7 Å². The third kappa shape index (κ3) is 5.07. The van der Waals surface area contributed by atoms with Crippen molar-refractivity contribution in [2.24, 2.45) is 0 Å². The molecule has 0 aliphatic heterocycles. The maximum absolute atomic E-state index is 5.95. The van der Waals surface area contributed by atoms with E-state index in [-0.39, 0.29) is 5.92 Å². The quantitative estimate of drug-likeness (QED) is 0.657. The van der Waals surface area contributed by atoms with Crippen LogP contribution in [0, 0.1) is 0 Å². The van der Waals surface area contributed by atoms with E-state index in [1.807, 2.05) is 26.0 Å². The van der Waals surface area contributed by atoms with E-state index in [4.69, 9.17) is 13.3 Å². The van der Waals surface area contributed by atoms with E-state index in [1.165, 1.54) is 11.1 Å². The summed E-state index contributed by atoms with van der Waals surface area (Å²) in [6.07, 6.45) is 0. The summed E-state index contributed by atoms with van der Waals surface area (Å²) >= 11 is 0. The lowest BCUT2D eigenvalue weighted by molar-refractivity contribution is 0.0993. The van der Waals surface area contributed by atoms with Crippen molar-refractivity contribution < 1.29 is 13.3 Å². The topological polar surface area (TPSA) is 27.7 Å². The lowest BCUT2D eigenvalue weighted by Crippen LogP contribution is -2.29.